The first-order valence-electron chi connectivity index (χ1n) is 9.91. The molecule has 2 aliphatic rings. The van der Waals surface area contributed by atoms with Crippen LogP contribution in [0.1, 0.15) is 38.2 Å². The van der Waals surface area contributed by atoms with Crippen molar-refractivity contribution in [1.82, 2.24) is 10.2 Å². The zero-order chi connectivity index (χ0) is 20.3. The number of piperidine rings is 1. The number of likely N-dealkylation sites (tertiary alicyclic amines) is 1. The highest BCUT2D eigenvalue weighted by atomic mass is 19.1. The van der Waals surface area contributed by atoms with Crippen LogP contribution in [0.2, 0.25) is 0 Å². The highest BCUT2D eigenvalue weighted by Gasteiger charge is 2.48. The Labute approximate surface area is 165 Å². The van der Waals surface area contributed by atoms with E-state index in [0.717, 1.165) is 18.4 Å². The zero-order valence-corrected chi connectivity index (χ0v) is 16.5. The smallest absolute Gasteiger partial charge is 0.225 e. The molecule has 28 heavy (non-hydrogen) atoms. The first kappa shape index (κ1) is 20.6. The zero-order valence-electron chi connectivity index (χ0n) is 16.5. The number of aryl methyl sites for hydroxylation is 1. The van der Waals surface area contributed by atoms with Crippen LogP contribution in [0.25, 0.3) is 0 Å². The van der Waals surface area contributed by atoms with Crippen LogP contribution in [0.5, 0.6) is 5.75 Å². The lowest BCUT2D eigenvalue weighted by molar-refractivity contribution is -0.145. The standard InChI is InChI=1S/C21H29FN2O4/c1-14-9-18(22)3-4-19(14)28-15(2)16-5-7-24(8-6-16)20(27)17-10-21(11-17,12-25)23-13-26/h3-4,9,13,15-17,25H,5-8,10-12H2,1-2H3,(H,23,26). The number of benzene rings is 1. The fourth-order valence-corrected chi connectivity index (χ4v) is 4.36. The molecule has 1 atom stereocenters. The molecule has 1 unspecified atom stereocenters. The van der Waals surface area contributed by atoms with Crippen LogP contribution in [-0.4, -0.2) is 53.7 Å². The molecule has 0 bridgehead atoms. The van der Waals surface area contributed by atoms with E-state index in [1.54, 1.807) is 6.07 Å². The third-order valence-electron chi connectivity index (χ3n) is 6.26. The normalized spacial score (nSPS) is 26.3. The minimum Gasteiger partial charge on any atom is -0.490 e. The lowest BCUT2D eigenvalue weighted by Crippen LogP contribution is -2.61. The van der Waals surface area contributed by atoms with Gasteiger partial charge in [0.15, 0.2) is 0 Å². The molecule has 0 spiro atoms. The van der Waals surface area contributed by atoms with Crippen molar-refractivity contribution in [3.05, 3.63) is 29.6 Å². The van der Waals surface area contributed by atoms with Crippen LogP contribution in [0, 0.1) is 24.6 Å². The molecule has 1 aromatic rings. The second kappa shape index (κ2) is 8.47. The van der Waals surface area contributed by atoms with Gasteiger partial charge in [-0.2, -0.15) is 0 Å². The Morgan fingerprint density at radius 2 is 2.11 bits per heavy atom. The molecule has 7 heteroatoms. The number of aliphatic hydroxyl groups excluding tert-OH is 1. The first-order chi connectivity index (χ1) is 13.4. The molecule has 6 nitrogen and oxygen atoms in total. The molecule has 1 saturated heterocycles. The molecule has 0 radical (unpaired) electrons. The average molecular weight is 392 g/mol. The van der Waals surface area contributed by atoms with Crippen molar-refractivity contribution < 1.29 is 23.8 Å². The molecule has 3 rings (SSSR count). The summed E-state index contributed by atoms with van der Waals surface area (Å²) in [6, 6.07) is 4.53. The molecule has 1 aliphatic heterocycles. The average Bonchev–Trinajstić information content (AvgIpc) is 2.66. The predicted molar refractivity (Wildman–Crippen MR) is 102 cm³/mol. The minimum atomic E-state index is -0.629. The van der Waals surface area contributed by atoms with Crippen LogP contribution in [0.15, 0.2) is 18.2 Å². The number of aliphatic hydroxyl groups is 1. The number of ether oxygens (including phenoxy) is 1. The van der Waals surface area contributed by atoms with Gasteiger partial charge in [-0.15, -0.1) is 0 Å². The number of hydrogen-bond donors (Lipinski definition) is 2. The molecule has 2 N–H and O–H groups in total. The minimum absolute atomic E-state index is 0.0102. The van der Waals surface area contributed by atoms with Crippen LogP contribution < -0.4 is 10.1 Å². The summed E-state index contributed by atoms with van der Waals surface area (Å²) in [7, 11) is 0. The maximum Gasteiger partial charge on any atom is 0.225 e. The van der Waals surface area contributed by atoms with Crippen LogP contribution in [0.4, 0.5) is 4.39 Å². The highest BCUT2D eigenvalue weighted by molar-refractivity contribution is 5.80. The van der Waals surface area contributed by atoms with E-state index in [9.17, 15) is 19.1 Å². The van der Waals surface area contributed by atoms with E-state index in [-0.39, 0.29) is 30.4 Å². The van der Waals surface area contributed by atoms with Gasteiger partial charge in [-0.05, 0) is 69.2 Å². The van der Waals surface area contributed by atoms with Crippen molar-refractivity contribution in [3.63, 3.8) is 0 Å². The van der Waals surface area contributed by atoms with E-state index in [1.165, 1.54) is 12.1 Å². The van der Waals surface area contributed by atoms with Crippen LogP contribution in [0.3, 0.4) is 0 Å². The maximum atomic E-state index is 13.2. The first-order valence-corrected chi connectivity index (χ1v) is 9.91. The van der Waals surface area contributed by atoms with Crippen LogP contribution in [-0.2, 0) is 9.59 Å². The summed E-state index contributed by atoms with van der Waals surface area (Å²) in [6.45, 7) is 5.08. The molecular weight excluding hydrogens is 363 g/mol. The van der Waals surface area contributed by atoms with Gasteiger partial charge in [0.2, 0.25) is 12.3 Å². The molecular formula is C21H29FN2O4. The van der Waals surface area contributed by atoms with E-state index in [4.69, 9.17) is 4.74 Å². The maximum absolute atomic E-state index is 13.2. The van der Waals surface area contributed by atoms with Crippen molar-refractivity contribution in [2.45, 2.75) is 51.2 Å². The van der Waals surface area contributed by atoms with E-state index in [2.05, 4.69) is 5.32 Å². The van der Waals surface area contributed by atoms with Gasteiger partial charge >= 0.3 is 0 Å². The third-order valence-corrected chi connectivity index (χ3v) is 6.26. The van der Waals surface area contributed by atoms with Gasteiger partial charge in [0.05, 0.1) is 18.2 Å². The SMILES string of the molecule is Cc1cc(F)ccc1OC(C)C1CCN(C(=O)C2CC(CO)(NC=O)C2)CC1. The second-order valence-corrected chi connectivity index (χ2v) is 8.20. The number of halogens is 1. The fraction of sp³-hybridized carbons (Fsp3) is 0.619. The van der Waals surface area contributed by atoms with E-state index in [1.807, 2.05) is 18.7 Å². The number of nitrogens with zero attached hydrogens (tertiary/aromatic N) is 1. The summed E-state index contributed by atoms with van der Waals surface area (Å²) < 4.78 is 19.3. The summed E-state index contributed by atoms with van der Waals surface area (Å²) in [5.41, 5.74) is 0.149. The Bertz CT molecular complexity index is 712. The molecule has 2 amide bonds. The number of rotatable bonds is 7. The largest absolute Gasteiger partial charge is 0.490 e. The fourth-order valence-electron chi connectivity index (χ4n) is 4.36. The molecule has 2 fully saturated rings. The Hall–Kier alpha value is -2.15. The van der Waals surface area contributed by atoms with Crippen molar-refractivity contribution in [3.8, 4) is 5.75 Å². The van der Waals surface area contributed by atoms with Gasteiger partial charge in [-0.1, -0.05) is 0 Å². The van der Waals surface area contributed by atoms with Gasteiger partial charge in [-0.3, -0.25) is 9.59 Å². The van der Waals surface area contributed by atoms with E-state index >= 15 is 0 Å². The summed E-state index contributed by atoms with van der Waals surface area (Å²) in [4.78, 5) is 25.3. The van der Waals surface area contributed by atoms with E-state index < -0.39 is 5.54 Å². The van der Waals surface area contributed by atoms with Crippen molar-refractivity contribution in [2.75, 3.05) is 19.7 Å². The number of carbonyl (C=O) groups excluding carboxylic acids is 2. The van der Waals surface area contributed by atoms with Crippen molar-refractivity contribution >= 4 is 12.3 Å². The quantitative estimate of drug-likeness (QED) is 0.696. The third kappa shape index (κ3) is 4.29. The van der Waals surface area contributed by atoms with Gasteiger partial charge in [0.25, 0.3) is 0 Å². The predicted octanol–water partition coefficient (Wildman–Crippen LogP) is 2.03. The lowest BCUT2D eigenvalue weighted by atomic mass is 9.68. The Morgan fingerprint density at radius 1 is 1.43 bits per heavy atom. The molecule has 1 aromatic carbocycles. The second-order valence-electron chi connectivity index (χ2n) is 8.20. The molecule has 1 aliphatic carbocycles. The summed E-state index contributed by atoms with van der Waals surface area (Å²) in [6.07, 6.45) is 3.28. The van der Waals surface area contributed by atoms with Crippen molar-refractivity contribution in [1.29, 1.82) is 0 Å². The monoisotopic (exact) mass is 392 g/mol. The van der Waals surface area contributed by atoms with Gasteiger partial charge in [0.1, 0.15) is 11.6 Å². The Balaban J connectivity index is 1.47. The number of nitrogens with one attached hydrogen (secondary N) is 1. The summed E-state index contributed by atoms with van der Waals surface area (Å²) >= 11 is 0. The Kier molecular flexibility index (Phi) is 6.23. The van der Waals surface area contributed by atoms with Gasteiger partial charge < -0.3 is 20.1 Å². The summed E-state index contributed by atoms with van der Waals surface area (Å²) in [5, 5.41) is 12.1. The lowest BCUT2D eigenvalue weighted by Gasteiger charge is -2.47. The van der Waals surface area contributed by atoms with E-state index in [0.29, 0.717) is 44.0 Å². The molecule has 1 heterocycles. The number of amides is 2. The molecule has 154 valence electrons. The van der Waals surface area contributed by atoms with Crippen LogP contribution >= 0.6 is 0 Å². The molecule has 0 aromatic heterocycles. The Morgan fingerprint density at radius 3 is 2.68 bits per heavy atom. The summed E-state index contributed by atoms with van der Waals surface area (Å²) in [5.74, 6) is 0.742. The van der Waals surface area contributed by atoms with Gasteiger partial charge in [0, 0.05) is 19.0 Å². The topological polar surface area (TPSA) is 78.9 Å². The molecule has 1 saturated carbocycles. The number of hydrogen-bond acceptors (Lipinski definition) is 4. The van der Waals surface area contributed by atoms with Crippen molar-refractivity contribution in [2.24, 2.45) is 11.8 Å². The van der Waals surface area contributed by atoms with Gasteiger partial charge in [-0.25, -0.2) is 4.39 Å². The highest BCUT2D eigenvalue weighted by Crippen LogP contribution is 2.39. The number of carbonyl (C=O) groups is 2.